The fourth-order valence-electron chi connectivity index (χ4n) is 2.87. The van der Waals surface area contributed by atoms with Crippen LogP contribution in [-0.4, -0.2) is 46.5 Å². The highest BCUT2D eigenvalue weighted by atomic mass is 32.2. The van der Waals surface area contributed by atoms with Crippen molar-refractivity contribution in [3.63, 3.8) is 0 Å². The van der Waals surface area contributed by atoms with E-state index in [1.54, 1.807) is 36.9 Å². The SMILES string of the molecule is Cc1cc(C)n(-c2ccc(NC(=O)c3ccc(S(=O)(=O)N(C)C(C)C)cc3)cn2)n1. The third-order valence-corrected chi connectivity index (χ3v) is 6.80. The summed E-state index contributed by atoms with van der Waals surface area (Å²) in [6, 6.07) is 11.2. The van der Waals surface area contributed by atoms with E-state index in [0.717, 1.165) is 11.4 Å². The number of aromatic nitrogens is 3. The molecule has 158 valence electrons. The van der Waals surface area contributed by atoms with Crippen LogP contribution in [0.15, 0.2) is 53.6 Å². The van der Waals surface area contributed by atoms with E-state index in [1.807, 2.05) is 19.9 Å². The van der Waals surface area contributed by atoms with E-state index in [-0.39, 0.29) is 16.8 Å². The average Bonchev–Trinajstić information content (AvgIpc) is 3.05. The van der Waals surface area contributed by atoms with Crippen LogP contribution in [0.1, 0.15) is 35.6 Å². The molecule has 30 heavy (non-hydrogen) atoms. The third kappa shape index (κ3) is 4.42. The summed E-state index contributed by atoms with van der Waals surface area (Å²) >= 11 is 0. The lowest BCUT2D eigenvalue weighted by Crippen LogP contribution is -2.33. The van der Waals surface area contributed by atoms with Crippen LogP contribution in [0.3, 0.4) is 0 Å². The van der Waals surface area contributed by atoms with Gasteiger partial charge in [-0.05, 0) is 70.2 Å². The van der Waals surface area contributed by atoms with Gasteiger partial charge in [0.2, 0.25) is 10.0 Å². The van der Waals surface area contributed by atoms with E-state index in [0.29, 0.717) is 17.1 Å². The van der Waals surface area contributed by atoms with Gasteiger partial charge in [0.15, 0.2) is 5.82 Å². The molecule has 3 aromatic rings. The quantitative estimate of drug-likeness (QED) is 0.652. The first-order chi connectivity index (χ1) is 14.1. The number of amides is 1. The standard InChI is InChI=1S/C21H25N5O3S/c1-14(2)25(5)30(28,29)19-9-6-17(7-10-19)21(27)23-18-8-11-20(22-13-18)26-16(4)12-15(3)24-26/h6-14H,1-5H3,(H,23,27). The summed E-state index contributed by atoms with van der Waals surface area (Å²) < 4.78 is 28.1. The van der Waals surface area contributed by atoms with Gasteiger partial charge in [-0.15, -0.1) is 0 Å². The second kappa shape index (κ2) is 8.37. The number of carbonyl (C=O) groups is 1. The molecule has 0 saturated carbocycles. The highest BCUT2D eigenvalue weighted by molar-refractivity contribution is 7.89. The minimum atomic E-state index is -3.59. The molecule has 0 bridgehead atoms. The second-order valence-electron chi connectivity index (χ2n) is 7.34. The number of aryl methyl sites for hydroxylation is 2. The topological polar surface area (TPSA) is 97.2 Å². The van der Waals surface area contributed by atoms with E-state index in [1.165, 1.54) is 35.6 Å². The molecule has 8 nitrogen and oxygen atoms in total. The number of benzene rings is 1. The number of hydrogen-bond donors (Lipinski definition) is 1. The lowest BCUT2D eigenvalue weighted by atomic mass is 10.2. The van der Waals surface area contributed by atoms with Crippen LogP contribution < -0.4 is 5.32 Å². The summed E-state index contributed by atoms with van der Waals surface area (Å²) in [6.07, 6.45) is 1.56. The molecule has 0 saturated heterocycles. The summed E-state index contributed by atoms with van der Waals surface area (Å²) in [4.78, 5) is 17.0. The number of rotatable bonds is 6. The molecular formula is C21H25N5O3S. The van der Waals surface area contributed by atoms with Crippen molar-refractivity contribution in [3.05, 3.63) is 65.6 Å². The zero-order valence-corrected chi connectivity index (χ0v) is 18.4. The number of anilines is 1. The Balaban J connectivity index is 1.73. The monoisotopic (exact) mass is 427 g/mol. The minimum Gasteiger partial charge on any atom is -0.321 e. The molecule has 0 fully saturated rings. The molecular weight excluding hydrogens is 402 g/mol. The summed E-state index contributed by atoms with van der Waals surface area (Å²) in [6.45, 7) is 7.46. The first-order valence-corrected chi connectivity index (χ1v) is 10.9. The zero-order valence-electron chi connectivity index (χ0n) is 17.6. The van der Waals surface area contributed by atoms with Gasteiger partial charge in [-0.3, -0.25) is 4.79 Å². The Bertz CT molecular complexity index is 1150. The van der Waals surface area contributed by atoms with Crippen molar-refractivity contribution < 1.29 is 13.2 Å². The molecule has 1 N–H and O–H groups in total. The van der Waals surface area contributed by atoms with Crippen LogP contribution in [0.2, 0.25) is 0 Å². The van der Waals surface area contributed by atoms with Crippen molar-refractivity contribution in [1.29, 1.82) is 0 Å². The van der Waals surface area contributed by atoms with Gasteiger partial charge >= 0.3 is 0 Å². The van der Waals surface area contributed by atoms with Gasteiger partial charge in [-0.1, -0.05) is 0 Å². The first-order valence-electron chi connectivity index (χ1n) is 9.48. The molecule has 1 amide bonds. The lowest BCUT2D eigenvalue weighted by molar-refractivity contribution is 0.102. The Labute approximate surface area is 176 Å². The fraction of sp³-hybridized carbons (Fsp3) is 0.286. The number of nitrogens with zero attached hydrogens (tertiary/aromatic N) is 4. The van der Waals surface area contributed by atoms with Crippen LogP contribution in [0.25, 0.3) is 5.82 Å². The average molecular weight is 428 g/mol. The number of nitrogens with one attached hydrogen (secondary N) is 1. The number of sulfonamides is 1. The van der Waals surface area contributed by atoms with Gasteiger partial charge in [0.1, 0.15) is 0 Å². The van der Waals surface area contributed by atoms with Crippen molar-refractivity contribution in [3.8, 4) is 5.82 Å². The summed E-state index contributed by atoms with van der Waals surface area (Å²) in [5.41, 5.74) is 2.75. The van der Waals surface area contributed by atoms with Crippen LogP contribution in [0, 0.1) is 13.8 Å². The van der Waals surface area contributed by atoms with E-state index < -0.39 is 10.0 Å². The Kier molecular flexibility index (Phi) is 6.04. The van der Waals surface area contributed by atoms with Crippen molar-refractivity contribution in [2.24, 2.45) is 0 Å². The Hall–Kier alpha value is -3.04. The molecule has 2 aromatic heterocycles. The third-order valence-electron chi connectivity index (χ3n) is 4.75. The van der Waals surface area contributed by atoms with Crippen LogP contribution in [0.4, 0.5) is 5.69 Å². The van der Waals surface area contributed by atoms with Gasteiger partial charge in [0.05, 0.1) is 22.5 Å². The van der Waals surface area contributed by atoms with Crippen LogP contribution in [-0.2, 0) is 10.0 Å². The molecule has 9 heteroatoms. The highest BCUT2D eigenvalue weighted by Gasteiger charge is 2.23. The van der Waals surface area contributed by atoms with Crippen LogP contribution >= 0.6 is 0 Å². The van der Waals surface area contributed by atoms with Gasteiger partial charge < -0.3 is 5.32 Å². The van der Waals surface area contributed by atoms with E-state index in [9.17, 15) is 13.2 Å². The molecule has 0 aliphatic heterocycles. The fourth-order valence-corrected chi connectivity index (χ4v) is 4.24. The van der Waals surface area contributed by atoms with E-state index in [2.05, 4.69) is 15.4 Å². The second-order valence-corrected chi connectivity index (χ2v) is 9.33. The Morgan fingerprint density at radius 3 is 2.27 bits per heavy atom. The molecule has 0 aliphatic carbocycles. The summed E-state index contributed by atoms with van der Waals surface area (Å²) in [7, 11) is -2.06. The van der Waals surface area contributed by atoms with Crippen molar-refractivity contribution >= 4 is 21.6 Å². The first kappa shape index (κ1) is 21.7. The molecule has 1 aromatic carbocycles. The number of pyridine rings is 1. The Morgan fingerprint density at radius 2 is 1.77 bits per heavy atom. The molecule has 0 radical (unpaired) electrons. The highest BCUT2D eigenvalue weighted by Crippen LogP contribution is 2.18. The van der Waals surface area contributed by atoms with Gasteiger partial charge in [-0.2, -0.15) is 9.40 Å². The van der Waals surface area contributed by atoms with E-state index in [4.69, 9.17) is 0 Å². The van der Waals surface area contributed by atoms with Crippen molar-refractivity contribution in [2.45, 2.75) is 38.6 Å². The summed E-state index contributed by atoms with van der Waals surface area (Å²) in [5, 5.41) is 7.15. The van der Waals surface area contributed by atoms with Crippen molar-refractivity contribution in [1.82, 2.24) is 19.1 Å². The molecule has 0 unspecified atom stereocenters. The van der Waals surface area contributed by atoms with Gasteiger partial charge in [0, 0.05) is 24.3 Å². The van der Waals surface area contributed by atoms with Gasteiger partial charge in [0.25, 0.3) is 5.91 Å². The van der Waals surface area contributed by atoms with Gasteiger partial charge in [-0.25, -0.2) is 18.1 Å². The molecule has 2 heterocycles. The maximum Gasteiger partial charge on any atom is 0.255 e. The molecule has 0 spiro atoms. The maximum absolute atomic E-state index is 12.5. The minimum absolute atomic E-state index is 0.145. The van der Waals surface area contributed by atoms with E-state index >= 15 is 0 Å². The lowest BCUT2D eigenvalue weighted by Gasteiger charge is -2.21. The smallest absolute Gasteiger partial charge is 0.255 e. The number of hydrogen-bond acceptors (Lipinski definition) is 5. The van der Waals surface area contributed by atoms with Crippen molar-refractivity contribution in [2.75, 3.05) is 12.4 Å². The Morgan fingerprint density at radius 1 is 1.10 bits per heavy atom. The zero-order chi connectivity index (χ0) is 22.1. The predicted molar refractivity (Wildman–Crippen MR) is 115 cm³/mol. The molecule has 3 rings (SSSR count). The number of carbonyl (C=O) groups excluding carboxylic acids is 1. The molecule has 0 aliphatic rings. The summed E-state index contributed by atoms with van der Waals surface area (Å²) in [5.74, 6) is 0.305. The van der Waals surface area contributed by atoms with Crippen LogP contribution in [0.5, 0.6) is 0 Å². The molecule has 0 atom stereocenters. The normalized spacial score (nSPS) is 11.8. The largest absolute Gasteiger partial charge is 0.321 e. The predicted octanol–water partition coefficient (Wildman–Crippen LogP) is 3.17. The maximum atomic E-state index is 12.5.